The maximum Gasteiger partial charge on any atom is 0.0901 e. The molecule has 2 rings (SSSR count). The highest BCUT2D eigenvalue weighted by Gasteiger charge is 2.42. The third-order valence-corrected chi connectivity index (χ3v) is 2.83. The molecular weight excluding hydrogens is 148 g/mol. The summed E-state index contributed by atoms with van der Waals surface area (Å²) in [5.74, 6) is 0. The van der Waals surface area contributed by atoms with Crippen LogP contribution < -0.4 is 0 Å². The van der Waals surface area contributed by atoms with Gasteiger partial charge in [0.15, 0.2) is 0 Å². The zero-order chi connectivity index (χ0) is 8.77. The third kappa shape index (κ3) is 1.05. The van der Waals surface area contributed by atoms with Crippen LogP contribution in [0, 0.1) is 13.8 Å². The van der Waals surface area contributed by atoms with Crippen LogP contribution >= 0.6 is 0 Å². The van der Waals surface area contributed by atoms with Crippen LogP contribution in [0.2, 0.25) is 0 Å². The largest absolute Gasteiger partial charge is 0.385 e. The van der Waals surface area contributed by atoms with Crippen molar-refractivity contribution in [2.24, 2.45) is 0 Å². The maximum absolute atomic E-state index is 9.91. The summed E-state index contributed by atoms with van der Waals surface area (Å²) in [7, 11) is 0. The molecule has 0 heterocycles. The molecule has 64 valence electrons. The fraction of sp³-hybridized carbons (Fsp3) is 0.455. The first-order valence-corrected chi connectivity index (χ1v) is 4.42. The summed E-state index contributed by atoms with van der Waals surface area (Å²) in [5.41, 5.74) is 3.17. The zero-order valence-corrected chi connectivity index (χ0v) is 7.59. The van der Waals surface area contributed by atoms with Gasteiger partial charge in [-0.05, 0) is 43.4 Å². The van der Waals surface area contributed by atoms with Gasteiger partial charge in [-0.3, -0.25) is 0 Å². The summed E-state index contributed by atoms with van der Waals surface area (Å²) in [6.07, 6.45) is 1.86. The third-order valence-electron chi connectivity index (χ3n) is 2.83. The molecule has 0 amide bonds. The van der Waals surface area contributed by atoms with E-state index in [0.29, 0.717) is 0 Å². The number of benzene rings is 1. The summed E-state index contributed by atoms with van der Waals surface area (Å²) < 4.78 is 0. The summed E-state index contributed by atoms with van der Waals surface area (Å²) in [6.45, 7) is 4.17. The quantitative estimate of drug-likeness (QED) is 0.671. The van der Waals surface area contributed by atoms with Crippen LogP contribution in [0.25, 0.3) is 0 Å². The molecule has 1 aliphatic rings. The van der Waals surface area contributed by atoms with Crippen LogP contribution in [0.15, 0.2) is 18.2 Å². The lowest BCUT2D eigenvalue weighted by Crippen LogP contribution is -2.07. The van der Waals surface area contributed by atoms with Crippen LogP contribution in [-0.2, 0) is 5.60 Å². The Kier molecular flexibility index (Phi) is 1.52. The van der Waals surface area contributed by atoms with Crippen molar-refractivity contribution in [1.82, 2.24) is 0 Å². The van der Waals surface area contributed by atoms with E-state index < -0.39 is 5.60 Å². The van der Waals surface area contributed by atoms with E-state index in [2.05, 4.69) is 19.9 Å². The summed E-state index contributed by atoms with van der Waals surface area (Å²) in [4.78, 5) is 0. The topological polar surface area (TPSA) is 20.2 Å². The van der Waals surface area contributed by atoms with Gasteiger partial charge in [0.25, 0.3) is 0 Å². The van der Waals surface area contributed by atoms with Crippen molar-refractivity contribution in [2.45, 2.75) is 32.3 Å². The molecule has 12 heavy (non-hydrogen) atoms. The van der Waals surface area contributed by atoms with E-state index in [1.165, 1.54) is 11.1 Å². The average molecular weight is 162 g/mol. The summed E-state index contributed by atoms with van der Waals surface area (Å²) in [5, 5.41) is 9.91. The molecule has 0 radical (unpaired) electrons. The second kappa shape index (κ2) is 2.33. The Balaban J connectivity index is 2.51. The molecule has 1 heteroatoms. The van der Waals surface area contributed by atoms with Crippen molar-refractivity contribution in [3.05, 3.63) is 34.9 Å². The Morgan fingerprint density at radius 3 is 2.50 bits per heavy atom. The highest BCUT2D eigenvalue weighted by Crippen LogP contribution is 2.46. The molecule has 0 unspecified atom stereocenters. The lowest BCUT2D eigenvalue weighted by molar-refractivity contribution is 0.150. The van der Waals surface area contributed by atoms with E-state index in [9.17, 15) is 5.11 Å². The molecule has 1 aromatic rings. The van der Waals surface area contributed by atoms with E-state index in [-0.39, 0.29) is 0 Å². The van der Waals surface area contributed by atoms with Crippen molar-refractivity contribution in [3.8, 4) is 0 Å². The first kappa shape index (κ1) is 7.81. The molecule has 1 nitrogen and oxygen atoms in total. The fourth-order valence-corrected chi connectivity index (χ4v) is 1.64. The van der Waals surface area contributed by atoms with Crippen molar-refractivity contribution >= 4 is 0 Å². The molecule has 1 fully saturated rings. The molecule has 0 aliphatic heterocycles. The average Bonchev–Trinajstić information content (AvgIpc) is 2.75. The Morgan fingerprint density at radius 1 is 1.25 bits per heavy atom. The van der Waals surface area contributed by atoms with Gasteiger partial charge in [-0.2, -0.15) is 0 Å². The lowest BCUT2D eigenvalue weighted by atomic mass is 9.98. The molecule has 0 bridgehead atoms. The number of hydrogen-bond donors (Lipinski definition) is 1. The lowest BCUT2D eigenvalue weighted by Gasteiger charge is -2.13. The van der Waals surface area contributed by atoms with Gasteiger partial charge in [-0.1, -0.05) is 18.2 Å². The van der Waals surface area contributed by atoms with Gasteiger partial charge in [0.05, 0.1) is 5.60 Å². The normalized spacial score (nSPS) is 19.2. The molecule has 1 aliphatic carbocycles. The SMILES string of the molecule is Cc1cccc(C2(O)CC2)c1C. The zero-order valence-electron chi connectivity index (χ0n) is 7.59. The van der Waals surface area contributed by atoms with Gasteiger partial charge in [0, 0.05) is 0 Å². The minimum absolute atomic E-state index is 0.476. The Labute approximate surface area is 73.0 Å². The van der Waals surface area contributed by atoms with Crippen molar-refractivity contribution in [3.63, 3.8) is 0 Å². The van der Waals surface area contributed by atoms with E-state index in [1.54, 1.807) is 0 Å². The van der Waals surface area contributed by atoms with Gasteiger partial charge in [0.1, 0.15) is 0 Å². The molecule has 0 aromatic heterocycles. The maximum atomic E-state index is 9.91. The van der Waals surface area contributed by atoms with Crippen molar-refractivity contribution in [2.75, 3.05) is 0 Å². The minimum atomic E-state index is -0.476. The van der Waals surface area contributed by atoms with Crippen molar-refractivity contribution < 1.29 is 5.11 Å². The van der Waals surface area contributed by atoms with Crippen LogP contribution in [0.5, 0.6) is 0 Å². The van der Waals surface area contributed by atoms with Gasteiger partial charge in [-0.15, -0.1) is 0 Å². The predicted molar refractivity (Wildman–Crippen MR) is 49.0 cm³/mol. The van der Waals surface area contributed by atoms with Crippen LogP contribution in [0.4, 0.5) is 0 Å². The van der Waals surface area contributed by atoms with E-state index in [1.807, 2.05) is 12.1 Å². The second-order valence-electron chi connectivity index (χ2n) is 3.78. The van der Waals surface area contributed by atoms with E-state index in [4.69, 9.17) is 0 Å². The second-order valence-corrected chi connectivity index (χ2v) is 3.78. The summed E-state index contributed by atoms with van der Waals surface area (Å²) >= 11 is 0. The molecular formula is C11H14O. The standard InChI is InChI=1S/C11H14O/c1-8-4-3-5-10(9(8)2)11(12)6-7-11/h3-5,12H,6-7H2,1-2H3. The van der Waals surface area contributed by atoms with Crippen LogP contribution in [0.1, 0.15) is 29.5 Å². The van der Waals surface area contributed by atoms with E-state index in [0.717, 1.165) is 18.4 Å². The van der Waals surface area contributed by atoms with Gasteiger partial charge >= 0.3 is 0 Å². The minimum Gasteiger partial charge on any atom is -0.385 e. The highest BCUT2D eigenvalue weighted by molar-refractivity contribution is 5.39. The molecule has 1 N–H and O–H groups in total. The molecule has 0 atom stereocenters. The van der Waals surface area contributed by atoms with Gasteiger partial charge in [0.2, 0.25) is 0 Å². The highest BCUT2D eigenvalue weighted by atomic mass is 16.3. The Morgan fingerprint density at radius 2 is 1.92 bits per heavy atom. The predicted octanol–water partition coefficient (Wildman–Crippen LogP) is 2.28. The molecule has 1 saturated carbocycles. The van der Waals surface area contributed by atoms with E-state index >= 15 is 0 Å². The molecule has 0 saturated heterocycles. The Bertz CT molecular complexity index is 311. The van der Waals surface area contributed by atoms with Crippen LogP contribution in [0.3, 0.4) is 0 Å². The number of hydrogen-bond acceptors (Lipinski definition) is 1. The number of aryl methyl sites for hydroxylation is 1. The monoisotopic (exact) mass is 162 g/mol. The Hall–Kier alpha value is -0.820. The smallest absolute Gasteiger partial charge is 0.0901 e. The summed E-state index contributed by atoms with van der Waals surface area (Å²) in [6, 6.07) is 6.15. The molecule has 1 aromatic carbocycles. The van der Waals surface area contributed by atoms with Gasteiger partial charge in [-0.25, -0.2) is 0 Å². The molecule has 0 spiro atoms. The first-order valence-electron chi connectivity index (χ1n) is 4.42. The first-order chi connectivity index (χ1) is 5.63. The van der Waals surface area contributed by atoms with Crippen molar-refractivity contribution in [1.29, 1.82) is 0 Å². The van der Waals surface area contributed by atoms with Gasteiger partial charge < -0.3 is 5.11 Å². The number of aliphatic hydroxyl groups is 1. The van der Waals surface area contributed by atoms with Crippen LogP contribution in [-0.4, -0.2) is 5.11 Å². The number of rotatable bonds is 1. The fourth-order valence-electron chi connectivity index (χ4n) is 1.64.